The van der Waals surface area contributed by atoms with E-state index < -0.39 is 0 Å². The Balaban J connectivity index is 2.17. The molecule has 6 heteroatoms. The first kappa shape index (κ1) is 14.7. The summed E-state index contributed by atoms with van der Waals surface area (Å²) in [5.41, 5.74) is 0.944. The predicted octanol–water partition coefficient (Wildman–Crippen LogP) is 4.46. The SMILES string of the molecule is CCc1nnc(SCc2c(Cl)cccc2Cl)n1CC. The van der Waals surface area contributed by atoms with Crippen LogP contribution in [0, 0.1) is 0 Å². The minimum atomic E-state index is 0.693. The molecule has 0 saturated heterocycles. The Hall–Kier alpha value is -0.710. The Morgan fingerprint density at radius 2 is 1.84 bits per heavy atom. The van der Waals surface area contributed by atoms with Gasteiger partial charge in [0.1, 0.15) is 5.82 Å². The molecule has 2 rings (SSSR count). The van der Waals surface area contributed by atoms with Crippen LogP contribution < -0.4 is 0 Å². The van der Waals surface area contributed by atoms with Crippen LogP contribution in [-0.2, 0) is 18.7 Å². The van der Waals surface area contributed by atoms with E-state index in [4.69, 9.17) is 23.2 Å². The second kappa shape index (κ2) is 6.64. The fourth-order valence-corrected chi connectivity index (χ4v) is 3.57. The summed E-state index contributed by atoms with van der Waals surface area (Å²) < 4.78 is 2.12. The predicted molar refractivity (Wildman–Crippen MR) is 81.1 cm³/mol. The Kier molecular flexibility index (Phi) is 5.13. The molecule has 0 unspecified atom stereocenters. The fraction of sp³-hybridized carbons (Fsp3) is 0.385. The van der Waals surface area contributed by atoms with E-state index in [-0.39, 0.29) is 0 Å². The molecule has 0 atom stereocenters. The van der Waals surface area contributed by atoms with Gasteiger partial charge in [-0.2, -0.15) is 0 Å². The molecule has 0 aliphatic carbocycles. The van der Waals surface area contributed by atoms with Crippen molar-refractivity contribution in [3.05, 3.63) is 39.6 Å². The maximum absolute atomic E-state index is 6.16. The lowest BCUT2D eigenvalue weighted by molar-refractivity contribution is 0.647. The molecule has 0 spiro atoms. The van der Waals surface area contributed by atoms with E-state index in [1.165, 1.54) is 0 Å². The molecule has 0 radical (unpaired) electrons. The summed E-state index contributed by atoms with van der Waals surface area (Å²) in [5.74, 6) is 1.70. The van der Waals surface area contributed by atoms with Gasteiger partial charge in [-0.3, -0.25) is 0 Å². The third-order valence-electron chi connectivity index (χ3n) is 2.83. The summed E-state index contributed by atoms with van der Waals surface area (Å²) in [4.78, 5) is 0. The van der Waals surface area contributed by atoms with E-state index in [0.29, 0.717) is 15.8 Å². The van der Waals surface area contributed by atoms with E-state index in [2.05, 4.69) is 28.6 Å². The van der Waals surface area contributed by atoms with Crippen LogP contribution in [0.4, 0.5) is 0 Å². The highest BCUT2D eigenvalue weighted by Crippen LogP contribution is 2.31. The largest absolute Gasteiger partial charge is 0.306 e. The molecule has 3 nitrogen and oxygen atoms in total. The molecule has 0 N–H and O–H groups in total. The van der Waals surface area contributed by atoms with Crippen molar-refractivity contribution in [2.24, 2.45) is 0 Å². The number of halogens is 2. The summed E-state index contributed by atoms with van der Waals surface area (Å²) in [7, 11) is 0. The zero-order chi connectivity index (χ0) is 13.8. The normalized spacial score (nSPS) is 10.9. The van der Waals surface area contributed by atoms with E-state index in [0.717, 1.165) is 29.5 Å². The Morgan fingerprint density at radius 1 is 1.16 bits per heavy atom. The molecule has 0 amide bonds. The molecule has 1 aromatic carbocycles. The molecule has 2 aromatic rings. The highest BCUT2D eigenvalue weighted by atomic mass is 35.5. The second-order valence-corrected chi connectivity index (χ2v) is 5.74. The van der Waals surface area contributed by atoms with E-state index in [1.807, 2.05) is 18.2 Å². The lowest BCUT2D eigenvalue weighted by atomic mass is 10.2. The van der Waals surface area contributed by atoms with Crippen molar-refractivity contribution in [3.8, 4) is 0 Å². The van der Waals surface area contributed by atoms with Gasteiger partial charge in [0, 0.05) is 28.8 Å². The van der Waals surface area contributed by atoms with E-state index >= 15 is 0 Å². The quantitative estimate of drug-likeness (QED) is 0.763. The second-order valence-electron chi connectivity index (χ2n) is 3.99. The lowest BCUT2D eigenvalue weighted by Crippen LogP contribution is -2.02. The number of benzene rings is 1. The summed E-state index contributed by atoms with van der Waals surface area (Å²) in [6.07, 6.45) is 0.883. The molecule has 1 aromatic heterocycles. The zero-order valence-electron chi connectivity index (χ0n) is 10.9. The highest BCUT2D eigenvalue weighted by molar-refractivity contribution is 7.98. The Labute approximate surface area is 127 Å². The molecule has 102 valence electrons. The molecule has 0 bridgehead atoms. The summed E-state index contributed by atoms with van der Waals surface area (Å²) in [6.45, 7) is 5.04. The van der Waals surface area contributed by atoms with Gasteiger partial charge in [0.2, 0.25) is 0 Å². The molecule has 0 aliphatic heterocycles. The average molecular weight is 316 g/mol. The van der Waals surface area contributed by atoms with Gasteiger partial charge >= 0.3 is 0 Å². The zero-order valence-corrected chi connectivity index (χ0v) is 13.2. The first-order valence-electron chi connectivity index (χ1n) is 6.15. The van der Waals surface area contributed by atoms with Gasteiger partial charge in [-0.15, -0.1) is 10.2 Å². The van der Waals surface area contributed by atoms with Crippen molar-refractivity contribution in [1.29, 1.82) is 0 Å². The minimum absolute atomic E-state index is 0.693. The van der Waals surface area contributed by atoms with Crippen LogP contribution in [0.15, 0.2) is 23.4 Å². The summed E-state index contributed by atoms with van der Waals surface area (Å²) in [6, 6.07) is 5.55. The van der Waals surface area contributed by atoms with Gasteiger partial charge in [0.15, 0.2) is 5.16 Å². The van der Waals surface area contributed by atoms with Crippen LogP contribution in [0.25, 0.3) is 0 Å². The van der Waals surface area contributed by atoms with Crippen molar-refractivity contribution in [1.82, 2.24) is 14.8 Å². The van der Waals surface area contributed by atoms with Gasteiger partial charge < -0.3 is 4.57 Å². The van der Waals surface area contributed by atoms with Gasteiger partial charge in [-0.1, -0.05) is 48.0 Å². The lowest BCUT2D eigenvalue weighted by Gasteiger charge is -2.08. The Morgan fingerprint density at radius 3 is 2.42 bits per heavy atom. The molecule has 0 aliphatic rings. The molecular weight excluding hydrogens is 301 g/mol. The smallest absolute Gasteiger partial charge is 0.191 e. The number of hydrogen-bond acceptors (Lipinski definition) is 3. The first-order chi connectivity index (χ1) is 9.17. The van der Waals surface area contributed by atoms with Crippen LogP contribution in [0.1, 0.15) is 25.2 Å². The van der Waals surface area contributed by atoms with Crippen molar-refractivity contribution in [2.45, 2.75) is 37.7 Å². The van der Waals surface area contributed by atoms with Crippen LogP contribution >= 0.6 is 35.0 Å². The van der Waals surface area contributed by atoms with E-state index in [1.54, 1.807) is 11.8 Å². The number of rotatable bonds is 5. The number of nitrogens with zero attached hydrogens (tertiary/aromatic N) is 3. The maximum atomic E-state index is 6.16. The third kappa shape index (κ3) is 3.25. The molecular formula is C13H15Cl2N3S. The van der Waals surface area contributed by atoms with Crippen molar-refractivity contribution in [2.75, 3.05) is 0 Å². The Bertz CT molecular complexity index is 549. The fourth-order valence-electron chi connectivity index (χ4n) is 1.81. The van der Waals surface area contributed by atoms with Crippen LogP contribution in [0.3, 0.4) is 0 Å². The monoisotopic (exact) mass is 315 g/mol. The highest BCUT2D eigenvalue weighted by Gasteiger charge is 2.12. The van der Waals surface area contributed by atoms with Crippen LogP contribution in [0.5, 0.6) is 0 Å². The standard InChI is InChI=1S/C13H15Cl2N3S/c1-3-12-16-17-13(18(12)4-2)19-8-9-10(14)6-5-7-11(9)15/h5-7H,3-4,8H2,1-2H3. The first-order valence-corrected chi connectivity index (χ1v) is 7.89. The van der Waals surface area contributed by atoms with Gasteiger partial charge in [0.25, 0.3) is 0 Å². The molecule has 0 fully saturated rings. The van der Waals surface area contributed by atoms with Crippen LogP contribution in [0.2, 0.25) is 10.0 Å². The maximum Gasteiger partial charge on any atom is 0.191 e. The molecule has 1 heterocycles. The number of thioether (sulfide) groups is 1. The summed E-state index contributed by atoms with van der Waals surface area (Å²) >= 11 is 13.9. The summed E-state index contributed by atoms with van der Waals surface area (Å²) in [5, 5.41) is 10.7. The minimum Gasteiger partial charge on any atom is -0.306 e. The van der Waals surface area contributed by atoms with E-state index in [9.17, 15) is 0 Å². The number of aromatic nitrogens is 3. The topological polar surface area (TPSA) is 30.7 Å². The molecule has 0 saturated carbocycles. The third-order valence-corrected chi connectivity index (χ3v) is 4.53. The van der Waals surface area contributed by atoms with Gasteiger partial charge in [-0.25, -0.2) is 0 Å². The molecule has 19 heavy (non-hydrogen) atoms. The van der Waals surface area contributed by atoms with Crippen molar-refractivity contribution in [3.63, 3.8) is 0 Å². The number of hydrogen-bond donors (Lipinski definition) is 0. The number of aryl methyl sites for hydroxylation is 1. The van der Waals surface area contributed by atoms with Gasteiger partial charge in [0.05, 0.1) is 0 Å². The van der Waals surface area contributed by atoms with Crippen molar-refractivity contribution >= 4 is 35.0 Å². The van der Waals surface area contributed by atoms with Crippen molar-refractivity contribution < 1.29 is 0 Å². The van der Waals surface area contributed by atoms with Gasteiger partial charge in [-0.05, 0) is 24.6 Å². The average Bonchev–Trinajstić information content (AvgIpc) is 2.80. The van der Waals surface area contributed by atoms with Crippen LogP contribution in [-0.4, -0.2) is 14.8 Å².